The molecular weight excluding hydrogens is 380 g/mol. The molecule has 0 fully saturated rings. The van der Waals surface area contributed by atoms with Crippen LogP contribution in [0.15, 0.2) is 0 Å². The van der Waals surface area contributed by atoms with E-state index in [9.17, 15) is 0 Å². The highest BCUT2D eigenvalue weighted by molar-refractivity contribution is 9.27. The molecule has 0 rings (SSSR count). The van der Waals surface area contributed by atoms with Crippen molar-refractivity contribution in [2.24, 2.45) is 0 Å². The lowest BCUT2D eigenvalue weighted by Gasteiger charge is -2.22. The van der Waals surface area contributed by atoms with Gasteiger partial charge in [0.2, 0.25) is 0 Å². The van der Waals surface area contributed by atoms with Crippen LogP contribution in [0.25, 0.3) is 0 Å². The van der Waals surface area contributed by atoms with Crippen LogP contribution < -0.4 is 0 Å². The molecule has 0 heterocycles. The molecule has 0 aromatic rings. The highest BCUT2D eigenvalue weighted by Gasteiger charge is 2.28. The van der Waals surface area contributed by atoms with Crippen molar-refractivity contribution >= 4 is 63.7 Å². The molecule has 0 aliphatic heterocycles. The Morgan fingerprint density at radius 2 is 1.89 bits per heavy atom. The van der Waals surface area contributed by atoms with Gasteiger partial charge in [-0.3, -0.25) is 0 Å². The smallest absolute Gasteiger partial charge is 0.0903 e. The lowest BCUT2D eigenvalue weighted by atomic mass is 10.3. The van der Waals surface area contributed by atoms with E-state index in [1.54, 1.807) is 0 Å². The summed E-state index contributed by atoms with van der Waals surface area (Å²) in [5.74, 6) is 0. The second-order valence-corrected chi connectivity index (χ2v) is 7.33. The van der Waals surface area contributed by atoms with E-state index >= 15 is 0 Å². The fourth-order valence-electron chi connectivity index (χ4n) is 0.382. The first kappa shape index (κ1) is 10.9. The highest BCUT2D eigenvalue weighted by atomic mass is 79.9. The number of rotatable bonds is 3. The molecule has 9 heavy (non-hydrogen) atoms. The van der Waals surface area contributed by atoms with Crippen LogP contribution in [0.3, 0.4) is 0 Å². The van der Waals surface area contributed by atoms with Gasteiger partial charge in [0.25, 0.3) is 0 Å². The van der Waals surface area contributed by atoms with Crippen LogP contribution in [0.2, 0.25) is 0 Å². The highest BCUT2D eigenvalue weighted by Crippen LogP contribution is 2.37. The molecule has 0 radical (unpaired) electrons. The largest absolute Gasteiger partial charge is 0.103 e. The van der Waals surface area contributed by atoms with Gasteiger partial charge in [0, 0.05) is 10.2 Å². The fourth-order valence-corrected chi connectivity index (χ4v) is 2.02. The first-order chi connectivity index (χ1) is 4.04. The predicted molar refractivity (Wildman–Crippen MR) is 57.4 cm³/mol. The summed E-state index contributed by atoms with van der Waals surface area (Å²) < 4.78 is 0.00868. The van der Waals surface area contributed by atoms with Crippen LogP contribution >= 0.6 is 63.7 Å². The van der Waals surface area contributed by atoms with Crippen molar-refractivity contribution in [1.29, 1.82) is 0 Å². The Bertz CT molecular complexity index is 81.0. The van der Waals surface area contributed by atoms with Gasteiger partial charge < -0.3 is 0 Å². The van der Waals surface area contributed by atoms with Crippen molar-refractivity contribution in [3.63, 3.8) is 0 Å². The lowest BCUT2D eigenvalue weighted by Crippen LogP contribution is -2.25. The van der Waals surface area contributed by atoms with Crippen LogP contribution in [-0.2, 0) is 0 Å². The number of halogens is 4. The Kier molecular flexibility index (Phi) is 5.74. The standard InChI is InChI=1S/C5H8Br4/c1-2-4(7)5(8,9)3-6/h4H,2-3H2,1H3. The molecule has 1 unspecified atom stereocenters. The molecule has 0 amide bonds. The Hall–Kier alpha value is 1.92. The maximum atomic E-state index is 3.53. The van der Waals surface area contributed by atoms with E-state index in [1.807, 2.05) is 0 Å². The Labute approximate surface area is 89.7 Å². The quantitative estimate of drug-likeness (QED) is 0.641. The molecule has 0 aliphatic carbocycles. The summed E-state index contributed by atoms with van der Waals surface area (Å²) in [4.78, 5) is 0.462. The molecule has 0 aromatic heterocycles. The maximum absolute atomic E-state index is 3.53. The van der Waals surface area contributed by atoms with Crippen LogP contribution in [0, 0.1) is 0 Å². The second kappa shape index (κ2) is 4.73. The third kappa shape index (κ3) is 3.73. The number of alkyl halides is 4. The van der Waals surface area contributed by atoms with Crippen LogP contribution in [0.1, 0.15) is 13.3 Å². The van der Waals surface area contributed by atoms with E-state index in [4.69, 9.17) is 0 Å². The van der Waals surface area contributed by atoms with Gasteiger partial charge in [-0.05, 0) is 6.42 Å². The van der Waals surface area contributed by atoms with Crippen molar-refractivity contribution in [3.05, 3.63) is 0 Å². The summed E-state index contributed by atoms with van der Waals surface area (Å²) in [6, 6.07) is 0. The summed E-state index contributed by atoms with van der Waals surface area (Å²) >= 11 is 14.0. The van der Waals surface area contributed by atoms with E-state index in [0.29, 0.717) is 4.83 Å². The normalized spacial score (nSPS) is 15.7. The van der Waals surface area contributed by atoms with Gasteiger partial charge >= 0.3 is 0 Å². The molecule has 0 aliphatic rings. The molecule has 0 saturated carbocycles. The van der Waals surface area contributed by atoms with E-state index < -0.39 is 0 Å². The van der Waals surface area contributed by atoms with Gasteiger partial charge in [0.1, 0.15) is 3.23 Å². The molecular formula is C5H8Br4. The molecule has 56 valence electrons. The molecule has 0 N–H and O–H groups in total. The van der Waals surface area contributed by atoms with Crippen LogP contribution in [0.5, 0.6) is 0 Å². The molecule has 0 saturated heterocycles. The number of hydrogen-bond acceptors (Lipinski definition) is 0. The summed E-state index contributed by atoms with van der Waals surface area (Å²) in [6.07, 6.45) is 1.10. The zero-order valence-corrected chi connectivity index (χ0v) is 11.3. The average molecular weight is 388 g/mol. The van der Waals surface area contributed by atoms with Gasteiger partial charge in [-0.25, -0.2) is 0 Å². The summed E-state index contributed by atoms with van der Waals surface area (Å²) in [5.41, 5.74) is 0. The van der Waals surface area contributed by atoms with E-state index in [2.05, 4.69) is 70.6 Å². The van der Waals surface area contributed by atoms with Crippen LogP contribution in [0.4, 0.5) is 0 Å². The van der Waals surface area contributed by atoms with E-state index in [-0.39, 0.29) is 3.23 Å². The molecule has 0 aromatic carbocycles. The van der Waals surface area contributed by atoms with Crippen molar-refractivity contribution in [1.82, 2.24) is 0 Å². The van der Waals surface area contributed by atoms with E-state index in [0.717, 1.165) is 11.8 Å². The molecule has 0 spiro atoms. The topological polar surface area (TPSA) is 0 Å². The number of hydrogen-bond donors (Lipinski definition) is 0. The second-order valence-electron chi connectivity index (χ2n) is 1.77. The van der Waals surface area contributed by atoms with Gasteiger partial charge in [-0.1, -0.05) is 70.6 Å². The fraction of sp³-hybridized carbons (Fsp3) is 1.00. The van der Waals surface area contributed by atoms with Gasteiger partial charge in [-0.15, -0.1) is 0 Å². The molecule has 0 bridgehead atoms. The SMILES string of the molecule is CCC(Br)C(Br)(Br)CBr. The average Bonchev–Trinajstić information content (AvgIpc) is 1.86. The lowest BCUT2D eigenvalue weighted by molar-refractivity contribution is 0.812. The zero-order chi connectivity index (χ0) is 7.49. The maximum Gasteiger partial charge on any atom is 0.103 e. The van der Waals surface area contributed by atoms with Crippen LogP contribution in [-0.4, -0.2) is 13.4 Å². The Morgan fingerprint density at radius 1 is 1.44 bits per heavy atom. The summed E-state index contributed by atoms with van der Waals surface area (Å²) in [6.45, 7) is 2.14. The van der Waals surface area contributed by atoms with Crippen molar-refractivity contribution in [3.8, 4) is 0 Å². The Balaban J connectivity index is 3.80. The minimum absolute atomic E-state index is 0.00868. The third-order valence-electron chi connectivity index (χ3n) is 0.995. The first-order valence-corrected chi connectivity index (χ1v) is 6.24. The van der Waals surface area contributed by atoms with E-state index in [1.165, 1.54) is 0 Å². The molecule has 1 atom stereocenters. The summed E-state index contributed by atoms with van der Waals surface area (Å²) in [7, 11) is 0. The minimum Gasteiger partial charge on any atom is -0.0903 e. The van der Waals surface area contributed by atoms with Crippen molar-refractivity contribution in [2.45, 2.75) is 21.4 Å². The van der Waals surface area contributed by atoms with Gasteiger partial charge in [0.15, 0.2) is 0 Å². The Morgan fingerprint density at radius 3 is 2.00 bits per heavy atom. The zero-order valence-electron chi connectivity index (χ0n) is 5.00. The van der Waals surface area contributed by atoms with Crippen molar-refractivity contribution in [2.75, 3.05) is 5.33 Å². The van der Waals surface area contributed by atoms with Crippen molar-refractivity contribution < 1.29 is 0 Å². The van der Waals surface area contributed by atoms with Gasteiger partial charge in [0.05, 0.1) is 0 Å². The first-order valence-electron chi connectivity index (χ1n) is 2.62. The summed E-state index contributed by atoms with van der Waals surface area (Å²) in [5, 5.41) is 0.893. The molecule has 0 nitrogen and oxygen atoms in total. The predicted octanol–water partition coefficient (Wildman–Crippen LogP) is 4.04. The molecule has 4 heteroatoms. The van der Waals surface area contributed by atoms with Gasteiger partial charge in [-0.2, -0.15) is 0 Å². The third-order valence-corrected chi connectivity index (χ3v) is 7.71. The minimum atomic E-state index is 0.00868. The monoisotopic (exact) mass is 384 g/mol.